The number of hydrogen-bond acceptors (Lipinski definition) is 4. The van der Waals surface area contributed by atoms with E-state index in [1.54, 1.807) is 0 Å². The predicted octanol–water partition coefficient (Wildman–Crippen LogP) is 0.712. The van der Waals surface area contributed by atoms with E-state index in [1.807, 2.05) is 0 Å². The van der Waals surface area contributed by atoms with Crippen molar-refractivity contribution in [3.8, 4) is 0 Å². The van der Waals surface area contributed by atoms with Crippen LogP contribution in [0.5, 0.6) is 0 Å². The molecule has 4 nitrogen and oxygen atoms in total. The molecule has 0 amide bonds. The summed E-state index contributed by atoms with van der Waals surface area (Å²) in [6.07, 6.45) is 3.24. The molecule has 0 radical (unpaired) electrons. The van der Waals surface area contributed by atoms with E-state index in [1.165, 1.54) is 7.11 Å². The molecule has 0 heterocycles. The van der Waals surface area contributed by atoms with Crippen molar-refractivity contribution in [1.29, 1.82) is 0 Å². The predicted molar refractivity (Wildman–Crippen MR) is 44.5 cm³/mol. The Morgan fingerprint density at radius 2 is 1.77 bits per heavy atom. The molecule has 0 spiro atoms. The van der Waals surface area contributed by atoms with Crippen molar-refractivity contribution in [2.45, 2.75) is 0 Å². The zero-order valence-electron chi connectivity index (χ0n) is 7.07. The number of allylic oxidation sites excluding steroid dienone is 2. The highest BCUT2D eigenvalue weighted by Gasteiger charge is 2.21. The maximum Gasteiger partial charge on any atom is 0.224 e. The molecule has 0 saturated heterocycles. The number of ether oxygens (including phenoxy) is 2. The van der Waals surface area contributed by atoms with Gasteiger partial charge in [-0.05, 0) is 0 Å². The summed E-state index contributed by atoms with van der Waals surface area (Å²) in [6, 6.07) is 0. The van der Waals surface area contributed by atoms with E-state index >= 15 is 0 Å². The Hall–Kier alpha value is -1.84. The smallest absolute Gasteiger partial charge is 0.224 e. The normalized spacial score (nSPS) is 16.1. The topological polar surface area (TPSA) is 52.6 Å². The third-order valence-electron chi connectivity index (χ3n) is 1.44. The minimum absolute atomic E-state index is 0.0152. The molecule has 0 saturated carbocycles. The number of methoxy groups -OCH3 is 1. The molecule has 68 valence electrons. The quantitative estimate of drug-likeness (QED) is 0.474. The molecule has 1 aliphatic carbocycles. The van der Waals surface area contributed by atoms with Gasteiger partial charge in [-0.3, -0.25) is 9.59 Å². The van der Waals surface area contributed by atoms with Crippen molar-refractivity contribution < 1.29 is 19.1 Å². The van der Waals surface area contributed by atoms with E-state index in [0.717, 1.165) is 18.4 Å². The summed E-state index contributed by atoms with van der Waals surface area (Å²) in [5, 5.41) is 0. The van der Waals surface area contributed by atoms with Crippen LogP contribution in [-0.4, -0.2) is 18.7 Å². The molecular formula is C9H8O4. The van der Waals surface area contributed by atoms with Crippen LogP contribution in [0.25, 0.3) is 0 Å². The third-order valence-corrected chi connectivity index (χ3v) is 1.44. The minimum Gasteiger partial charge on any atom is -0.493 e. The summed E-state index contributed by atoms with van der Waals surface area (Å²) in [4.78, 5) is 22.3. The first-order valence-electron chi connectivity index (χ1n) is 3.52. The second-order valence-electron chi connectivity index (χ2n) is 2.23. The number of ketones is 2. The molecule has 0 N–H and O–H groups in total. The van der Waals surface area contributed by atoms with Gasteiger partial charge in [-0.2, -0.15) is 0 Å². The fourth-order valence-electron chi connectivity index (χ4n) is 0.864. The monoisotopic (exact) mass is 180 g/mol. The van der Waals surface area contributed by atoms with E-state index in [0.29, 0.717) is 0 Å². The van der Waals surface area contributed by atoms with Crippen LogP contribution in [0, 0.1) is 0 Å². The van der Waals surface area contributed by atoms with Crippen LogP contribution in [0.1, 0.15) is 0 Å². The summed E-state index contributed by atoms with van der Waals surface area (Å²) in [5.74, 6) is -0.822. The highest BCUT2D eigenvalue weighted by Crippen LogP contribution is 2.13. The summed E-state index contributed by atoms with van der Waals surface area (Å²) in [5.41, 5.74) is 0. The van der Waals surface area contributed by atoms with Gasteiger partial charge < -0.3 is 9.47 Å². The Bertz CT molecular complexity index is 323. The lowest BCUT2D eigenvalue weighted by molar-refractivity contribution is -0.118. The fourth-order valence-corrected chi connectivity index (χ4v) is 0.864. The molecule has 1 aliphatic rings. The minimum atomic E-state index is -0.406. The molecule has 0 aromatic rings. The van der Waals surface area contributed by atoms with Crippen LogP contribution in [0.2, 0.25) is 0 Å². The van der Waals surface area contributed by atoms with Crippen LogP contribution in [0.3, 0.4) is 0 Å². The number of carbonyl (C=O) groups is 2. The van der Waals surface area contributed by atoms with E-state index in [4.69, 9.17) is 4.74 Å². The van der Waals surface area contributed by atoms with E-state index < -0.39 is 5.78 Å². The molecule has 0 fully saturated rings. The first-order chi connectivity index (χ1) is 6.19. The second kappa shape index (κ2) is 3.71. The molecule has 0 aliphatic heterocycles. The Morgan fingerprint density at radius 1 is 1.23 bits per heavy atom. The van der Waals surface area contributed by atoms with Gasteiger partial charge in [-0.25, -0.2) is 0 Å². The standard InChI is InChI=1S/C9H8O4/c1-3-13-9-5-6(10)8(12-2)4-7(9)11/h3-5H,1H2,2H3. The molecule has 1 rings (SSSR count). The van der Waals surface area contributed by atoms with Gasteiger partial charge in [0, 0.05) is 12.2 Å². The average molecular weight is 180 g/mol. The van der Waals surface area contributed by atoms with Crippen LogP contribution < -0.4 is 0 Å². The second-order valence-corrected chi connectivity index (χ2v) is 2.23. The van der Waals surface area contributed by atoms with Gasteiger partial charge in [-0.1, -0.05) is 6.58 Å². The van der Waals surface area contributed by atoms with Crippen molar-refractivity contribution in [2.75, 3.05) is 7.11 Å². The van der Waals surface area contributed by atoms with Gasteiger partial charge >= 0.3 is 0 Å². The third kappa shape index (κ3) is 1.84. The van der Waals surface area contributed by atoms with Crippen molar-refractivity contribution in [2.24, 2.45) is 0 Å². The first-order valence-corrected chi connectivity index (χ1v) is 3.52. The largest absolute Gasteiger partial charge is 0.493 e. The maximum atomic E-state index is 11.1. The molecule has 4 heteroatoms. The molecule has 0 aromatic carbocycles. The number of rotatable bonds is 3. The lowest BCUT2D eigenvalue weighted by Crippen LogP contribution is -2.14. The van der Waals surface area contributed by atoms with Crippen molar-refractivity contribution in [1.82, 2.24) is 0 Å². The van der Waals surface area contributed by atoms with E-state index in [-0.39, 0.29) is 17.3 Å². The van der Waals surface area contributed by atoms with Crippen molar-refractivity contribution in [3.63, 3.8) is 0 Å². The fraction of sp³-hybridized carbons (Fsp3) is 0.111. The first kappa shape index (κ1) is 9.25. The lowest BCUT2D eigenvalue weighted by atomic mass is 10.1. The van der Waals surface area contributed by atoms with E-state index in [9.17, 15) is 9.59 Å². The summed E-state index contributed by atoms with van der Waals surface area (Å²) in [6.45, 7) is 3.27. The molecular weight excluding hydrogens is 172 g/mol. The van der Waals surface area contributed by atoms with Gasteiger partial charge in [0.25, 0.3) is 0 Å². The molecule has 0 unspecified atom stereocenters. The van der Waals surface area contributed by atoms with E-state index in [2.05, 4.69) is 11.3 Å². The Kier molecular flexibility index (Phi) is 2.64. The molecule has 0 aromatic heterocycles. The average Bonchev–Trinajstić information content (AvgIpc) is 2.11. The molecule has 0 atom stereocenters. The lowest BCUT2D eigenvalue weighted by Gasteiger charge is -2.09. The zero-order valence-corrected chi connectivity index (χ0v) is 7.07. The Morgan fingerprint density at radius 3 is 2.31 bits per heavy atom. The maximum absolute atomic E-state index is 11.1. The van der Waals surface area contributed by atoms with Crippen LogP contribution in [0.4, 0.5) is 0 Å². The molecule has 0 bridgehead atoms. The van der Waals surface area contributed by atoms with Gasteiger partial charge in [0.05, 0.1) is 13.4 Å². The van der Waals surface area contributed by atoms with Gasteiger partial charge in [0.15, 0.2) is 11.5 Å². The van der Waals surface area contributed by atoms with Gasteiger partial charge in [-0.15, -0.1) is 0 Å². The molecule has 13 heavy (non-hydrogen) atoms. The number of hydrogen-bond donors (Lipinski definition) is 0. The van der Waals surface area contributed by atoms with Crippen LogP contribution in [0.15, 0.2) is 36.5 Å². The Labute approximate surface area is 75.1 Å². The summed E-state index contributed by atoms with van der Waals surface area (Å²) < 4.78 is 9.38. The number of carbonyl (C=O) groups excluding carboxylic acids is 2. The summed E-state index contributed by atoms with van der Waals surface area (Å²) >= 11 is 0. The van der Waals surface area contributed by atoms with Crippen LogP contribution in [-0.2, 0) is 19.1 Å². The van der Waals surface area contributed by atoms with Gasteiger partial charge in [0.2, 0.25) is 11.6 Å². The van der Waals surface area contributed by atoms with Crippen LogP contribution >= 0.6 is 0 Å². The Balaban J connectivity index is 2.91. The highest BCUT2D eigenvalue weighted by atomic mass is 16.5. The van der Waals surface area contributed by atoms with Crippen molar-refractivity contribution >= 4 is 11.6 Å². The highest BCUT2D eigenvalue weighted by molar-refractivity contribution is 6.18. The zero-order chi connectivity index (χ0) is 9.84. The van der Waals surface area contributed by atoms with Crippen molar-refractivity contribution in [3.05, 3.63) is 36.5 Å². The summed E-state index contributed by atoms with van der Waals surface area (Å²) in [7, 11) is 1.32. The van der Waals surface area contributed by atoms with Gasteiger partial charge in [0.1, 0.15) is 0 Å². The SMILES string of the molecule is C=COC1=CC(=O)C(OC)=CC1=O.